The molecule has 0 spiro atoms. The molecule has 0 bridgehead atoms. The van der Waals surface area contributed by atoms with E-state index < -0.39 is 10.4 Å². The Kier molecular flexibility index (Phi) is 4.36. The molecule has 0 radical (unpaired) electrons. The van der Waals surface area contributed by atoms with Gasteiger partial charge in [-0.3, -0.25) is 4.55 Å². The predicted molar refractivity (Wildman–Crippen MR) is 91.4 cm³/mol. The van der Waals surface area contributed by atoms with Crippen molar-refractivity contribution in [3.63, 3.8) is 0 Å². The van der Waals surface area contributed by atoms with Gasteiger partial charge in [-0.25, -0.2) is 0 Å². The minimum atomic E-state index is -4.69. The van der Waals surface area contributed by atoms with Crippen LogP contribution in [0.15, 0.2) is 36.4 Å². The van der Waals surface area contributed by atoms with Crippen LogP contribution in [0.5, 0.6) is 11.5 Å². The molecule has 8 nitrogen and oxygen atoms in total. The second kappa shape index (κ2) is 6.34. The summed E-state index contributed by atoms with van der Waals surface area (Å²) in [5.74, 6) is -0.280. The van der Waals surface area contributed by atoms with Crippen LogP contribution >= 0.6 is 0 Å². The van der Waals surface area contributed by atoms with E-state index in [4.69, 9.17) is 4.55 Å². The van der Waals surface area contributed by atoms with Crippen LogP contribution in [0.25, 0.3) is 16.7 Å². The van der Waals surface area contributed by atoms with Gasteiger partial charge < -0.3 is 9.29 Å². The third-order valence-corrected chi connectivity index (χ3v) is 4.34. The lowest BCUT2D eigenvalue weighted by molar-refractivity contribution is 0.385. The van der Waals surface area contributed by atoms with E-state index in [0.29, 0.717) is 23.0 Å². The Morgan fingerprint density at radius 2 is 1.80 bits per heavy atom. The van der Waals surface area contributed by atoms with Gasteiger partial charge in [-0.2, -0.15) is 8.42 Å². The van der Waals surface area contributed by atoms with E-state index in [9.17, 15) is 13.5 Å². The molecule has 0 fully saturated rings. The van der Waals surface area contributed by atoms with Gasteiger partial charge in [0.2, 0.25) is 0 Å². The first kappa shape index (κ1) is 17.2. The van der Waals surface area contributed by atoms with Gasteiger partial charge in [0.05, 0.1) is 0 Å². The lowest BCUT2D eigenvalue weighted by Crippen LogP contribution is -2.09. The molecule has 1 aromatic heterocycles. The summed E-state index contributed by atoms with van der Waals surface area (Å²) in [5.41, 5.74) is 1.87. The topological polar surface area (TPSA) is 115 Å². The number of fused-ring (bicyclic) bond motifs is 1. The second-order valence-corrected chi connectivity index (χ2v) is 6.70. The summed E-state index contributed by atoms with van der Waals surface area (Å²) in [4.78, 5) is 1.21. The third kappa shape index (κ3) is 3.57. The van der Waals surface area contributed by atoms with Crippen LogP contribution in [0, 0.1) is 0 Å². The molecule has 3 aromatic rings. The van der Waals surface area contributed by atoms with Gasteiger partial charge in [-0.05, 0) is 30.5 Å². The van der Waals surface area contributed by atoms with Crippen LogP contribution in [0.2, 0.25) is 0 Å². The van der Waals surface area contributed by atoms with Gasteiger partial charge >= 0.3 is 10.4 Å². The van der Waals surface area contributed by atoms with E-state index in [0.717, 1.165) is 0 Å². The Labute approximate surface area is 144 Å². The largest absolute Gasteiger partial charge is 0.505 e. The van der Waals surface area contributed by atoms with E-state index in [1.54, 1.807) is 12.1 Å². The van der Waals surface area contributed by atoms with Crippen molar-refractivity contribution in [1.82, 2.24) is 15.0 Å². The maximum absolute atomic E-state index is 11.1. The van der Waals surface area contributed by atoms with Gasteiger partial charge in [0.25, 0.3) is 0 Å². The number of phenols is 1. The van der Waals surface area contributed by atoms with E-state index in [1.165, 1.54) is 16.9 Å². The highest BCUT2D eigenvalue weighted by molar-refractivity contribution is 7.81. The van der Waals surface area contributed by atoms with Crippen molar-refractivity contribution in [3.8, 4) is 17.2 Å². The first-order valence-electron chi connectivity index (χ1n) is 7.64. The van der Waals surface area contributed by atoms with E-state index >= 15 is 0 Å². The van der Waals surface area contributed by atoms with Crippen LogP contribution in [-0.4, -0.2) is 33.1 Å². The number of hydrogen-bond donors (Lipinski definition) is 2. The minimum Gasteiger partial charge on any atom is -0.505 e. The molecule has 2 N–H and O–H groups in total. The van der Waals surface area contributed by atoms with Crippen molar-refractivity contribution >= 4 is 21.4 Å². The summed E-state index contributed by atoms with van der Waals surface area (Å²) in [5, 5.41) is 19.2. The minimum absolute atomic E-state index is 0.0719. The van der Waals surface area contributed by atoms with Gasteiger partial charge in [0.1, 0.15) is 28.2 Å². The molecule has 0 amide bonds. The number of benzene rings is 2. The Balaban J connectivity index is 2.21. The molecule has 25 heavy (non-hydrogen) atoms. The highest BCUT2D eigenvalue weighted by Crippen LogP contribution is 2.37. The normalized spacial score (nSPS) is 13.1. The van der Waals surface area contributed by atoms with Crippen LogP contribution in [0.3, 0.4) is 0 Å². The number of hydrogen-bond acceptors (Lipinski definition) is 6. The van der Waals surface area contributed by atoms with Crippen LogP contribution < -0.4 is 4.18 Å². The highest BCUT2D eigenvalue weighted by atomic mass is 32.3. The van der Waals surface area contributed by atoms with Crippen molar-refractivity contribution in [2.75, 3.05) is 0 Å². The average molecular weight is 363 g/mol. The van der Waals surface area contributed by atoms with Gasteiger partial charge in [-0.1, -0.05) is 26.0 Å². The fourth-order valence-corrected chi connectivity index (χ4v) is 2.84. The summed E-state index contributed by atoms with van der Waals surface area (Å²) in [7, 11) is -4.69. The standard InChI is InChI=1S/C16H17N3O5S/c1-3-10(2)12-8-11(24-25(21,22)23)9-15(16(12)20)19-17-13-6-4-5-7-14(13)18-19/h4-10,20H,3H2,1-2H3,(H,21,22,23). The lowest BCUT2D eigenvalue weighted by atomic mass is 9.96. The summed E-state index contributed by atoms with van der Waals surface area (Å²) in [6.45, 7) is 3.81. The Bertz CT molecular complexity index is 996. The van der Waals surface area contributed by atoms with Crippen molar-refractivity contribution in [1.29, 1.82) is 0 Å². The molecule has 0 aliphatic carbocycles. The monoisotopic (exact) mass is 363 g/mol. The molecule has 9 heteroatoms. The second-order valence-electron chi connectivity index (χ2n) is 5.68. The van der Waals surface area contributed by atoms with Crippen LogP contribution in [0.4, 0.5) is 0 Å². The summed E-state index contributed by atoms with van der Waals surface area (Å²) in [6, 6.07) is 9.79. The molecule has 0 aliphatic rings. The molecule has 3 rings (SSSR count). The number of aromatic hydroxyl groups is 1. The molecule has 1 heterocycles. The zero-order valence-corrected chi connectivity index (χ0v) is 14.4. The summed E-state index contributed by atoms with van der Waals surface area (Å²) in [6.07, 6.45) is 0.705. The Morgan fingerprint density at radius 3 is 2.32 bits per heavy atom. The maximum Gasteiger partial charge on any atom is 0.446 e. The number of aromatic nitrogens is 3. The molecule has 1 unspecified atom stereocenters. The lowest BCUT2D eigenvalue weighted by Gasteiger charge is -2.15. The van der Waals surface area contributed by atoms with Crippen molar-refractivity contribution in [3.05, 3.63) is 42.0 Å². The Hall–Kier alpha value is -2.65. The first-order valence-corrected chi connectivity index (χ1v) is 9.01. The van der Waals surface area contributed by atoms with E-state index in [2.05, 4.69) is 14.4 Å². The molecular formula is C16H17N3O5S. The number of phenolic OH excluding ortho intramolecular Hbond substituents is 1. The van der Waals surface area contributed by atoms with Crippen molar-refractivity contribution in [2.24, 2.45) is 0 Å². The zero-order chi connectivity index (χ0) is 18.2. The molecular weight excluding hydrogens is 346 g/mol. The molecule has 132 valence electrons. The van der Waals surface area contributed by atoms with Crippen molar-refractivity contribution in [2.45, 2.75) is 26.2 Å². The van der Waals surface area contributed by atoms with Gasteiger partial charge in [0.15, 0.2) is 0 Å². The quantitative estimate of drug-likeness (QED) is 0.670. The number of rotatable bonds is 5. The smallest absolute Gasteiger partial charge is 0.446 e. The van der Waals surface area contributed by atoms with Gasteiger partial charge in [0, 0.05) is 11.6 Å². The van der Waals surface area contributed by atoms with Crippen LogP contribution in [-0.2, 0) is 10.4 Å². The van der Waals surface area contributed by atoms with Crippen molar-refractivity contribution < 1.29 is 22.3 Å². The first-order chi connectivity index (χ1) is 11.8. The third-order valence-electron chi connectivity index (χ3n) is 3.94. The molecule has 2 aromatic carbocycles. The maximum atomic E-state index is 11.1. The summed E-state index contributed by atoms with van der Waals surface area (Å²) >= 11 is 0. The molecule has 0 saturated heterocycles. The average Bonchev–Trinajstić information content (AvgIpc) is 2.98. The Morgan fingerprint density at radius 1 is 1.20 bits per heavy atom. The highest BCUT2D eigenvalue weighted by Gasteiger charge is 2.20. The fraction of sp³-hybridized carbons (Fsp3) is 0.250. The molecule has 0 aliphatic heterocycles. The molecule has 1 atom stereocenters. The molecule has 0 saturated carbocycles. The van der Waals surface area contributed by atoms with Gasteiger partial charge in [-0.15, -0.1) is 15.0 Å². The fourth-order valence-electron chi connectivity index (χ4n) is 2.50. The SMILES string of the molecule is CCC(C)c1cc(OS(=O)(=O)O)cc(-n2nc3ccccc3n2)c1O. The number of nitrogens with zero attached hydrogens (tertiary/aromatic N) is 3. The summed E-state index contributed by atoms with van der Waals surface area (Å²) < 4.78 is 35.6. The van der Waals surface area contributed by atoms with Crippen LogP contribution in [0.1, 0.15) is 31.7 Å². The van der Waals surface area contributed by atoms with E-state index in [1.807, 2.05) is 26.0 Å². The predicted octanol–water partition coefficient (Wildman–Crippen LogP) is 2.82. The zero-order valence-electron chi connectivity index (χ0n) is 13.6. The van der Waals surface area contributed by atoms with E-state index in [-0.39, 0.29) is 23.1 Å².